The average molecular weight is 427 g/mol. The number of hydrogen-bond acceptors (Lipinski definition) is 5. The first-order valence-electron chi connectivity index (χ1n) is 10.2. The van der Waals surface area contributed by atoms with E-state index in [2.05, 4.69) is 4.98 Å². The number of nitrogens with zero attached hydrogens (tertiary/aromatic N) is 2. The third-order valence-corrected chi connectivity index (χ3v) is 7.18. The molecule has 5 atom stereocenters. The van der Waals surface area contributed by atoms with Crippen molar-refractivity contribution in [3.8, 4) is 0 Å². The highest BCUT2D eigenvalue weighted by Gasteiger charge is 2.59. The largest absolute Gasteiger partial charge is 0.387 e. The molecule has 1 aliphatic heterocycles. The van der Waals surface area contributed by atoms with E-state index in [-0.39, 0.29) is 30.3 Å². The Morgan fingerprint density at radius 3 is 2.53 bits per heavy atom. The van der Waals surface area contributed by atoms with Crippen molar-refractivity contribution < 1.29 is 23.0 Å². The fourth-order valence-corrected chi connectivity index (χ4v) is 5.63. The summed E-state index contributed by atoms with van der Waals surface area (Å²) in [5.74, 6) is -4.81. The molecule has 0 radical (unpaired) electrons. The predicted molar refractivity (Wildman–Crippen MR) is 101 cm³/mol. The lowest BCUT2D eigenvalue weighted by atomic mass is 9.88. The zero-order valence-electron chi connectivity index (χ0n) is 16.7. The van der Waals surface area contributed by atoms with Gasteiger partial charge in [-0.1, -0.05) is 0 Å². The first-order valence-corrected chi connectivity index (χ1v) is 10.2. The third kappa shape index (κ3) is 2.69. The molecule has 5 unspecified atom stereocenters. The van der Waals surface area contributed by atoms with Gasteiger partial charge in [-0.25, -0.2) is 18.0 Å². The zero-order chi connectivity index (χ0) is 21.5. The lowest BCUT2D eigenvalue weighted by Crippen LogP contribution is -2.48. The number of likely N-dealkylation sites (tertiary alicyclic amines) is 1. The van der Waals surface area contributed by atoms with Crippen LogP contribution >= 0.6 is 0 Å². The van der Waals surface area contributed by atoms with Crippen molar-refractivity contribution >= 4 is 5.57 Å². The third-order valence-electron chi connectivity index (χ3n) is 7.18. The molecule has 0 aromatic carbocycles. The summed E-state index contributed by atoms with van der Waals surface area (Å²) < 4.78 is 50.5. The Morgan fingerprint density at radius 2 is 1.93 bits per heavy atom. The molecule has 164 valence electrons. The highest BCUT2D eigenvalue weighted by molar-refractivity contribution is 5.70. The van der Waals surface area contributed by atoms with Crippen molar-refractivity contribution in [1.82, 2.24) is 14.5 Å². The van der Waals surface area contributed by atoms with Gasteiger partial charge in [-0.3, -0.25) is 19.2 Å². The lowest BCUT2D eigenvalue weighted by molar-refractivity contribution is -0.103. The minimum absolute atomic E-state index is 0.0752. The molecule has 0 bridgehead atoms. The first kappa shape index (κ1) is 20.0. The summed E-state index contributed by atoms with van der Waals surface area (Å²) in [4.78, 5) is 29.1. The average Bonchev–Trinajstić information content (AvgIpc) is 3.38. The van der Waals surface area contributed by atoms with E-state index in [1.807, 2.05) is 0 Å². The lowest BCUT2D eigenvalue weighted by Gasteiger charge is -2.39. The molecule has 7 nitrogen and oxygen atoms in total. The number of aromatic amines is 1. The van der Waals surface area contributed by atoms with E-state index in [0.717, 1.165) is 12.8 Å². The second-order valence-corrected chi connectivity index (χ2v) is 8.98. The molecule has 3 fully saturated rings. The molecule has 4 aliphatic rings. The summed E-state index contributed by atoms with van der Waals surface area (Å²) in [6.07, 6.45) is -1.58. The Bertz CT molecular complexity index is 1040. The van der Waals surface area contributed by atoms with E-state index in [1.165, 1.54) is 18.6 Å². The highest BCUT2D eigenvalue weighted by atomic mass is 19.3. The van der Waals surface area contributed by atoms with Crippen LogP contribution in [-0.2, 0) is 4.74 Å². The van der Waals surface area contributed by atoms with Gasteiger partial charge in [-0.05, 0) is 31.3 Å². The van der Waals surface area contributed by atoms with Gasteiger partial charge in [0, 0.05) is 38.6 Å². The van der Waals surface area contributed by atoms with Crippen LogP contribution in [0, 0.1) is 11.8 Å². The summed E-state index contributed by atoms with van der Waals surface area (Å²) in [6, 6.07) is -1.02. The standard InChI is InChI=1S/C20H24F3N3O4/c1-8-12-14(26(10-3-4-10)19(29)24-18(12)28)16(30-2)15(13(8)21)25-6-9-5-20(22,23)17(27)11(9)7-25/h9-11,15-17,27H,3-7H2,1-2H3,(H,24,28,29). The smallest absolute Gasteiger partial charge is 0.328 e. The van der Waals surface area contributed by atoms with Crippen molar-refractivity contribution in [3.05, 3.63) is 37.9 Å². The summed E-state index contributed by atoms with van der Waals surface area (Å²) in [6.45, 7) is 1.78. The molecule has 10 heteroatoms. The van der Waals surface area contributed by atoms with E-state index in [0.29, 0.717) is 5.69 Å². The monoisotopic (exact) mass is 427 g/mol. The Hall–Kier alpha value is -1.91. The SMILES string of the molecule is COC1c2c(c(=O)[nH]c(=O)n2C2CC2)C(C)=C(F)C1N1CC2CC(F)(F)C(O)C2C1. The fourth-order valence-electron chi connectivity index (χ4n) is 5.63. The van der Waals surface area contributed by atoms with Gasteiger partial charge in [-0.2, -0.15) is 0 Å². The van der Waals surface area contributed by atoms with Crippen LogP contribution in [0.1, 0.15) is 49.6 Å². The number of allylic oxidation sites excluding steroid dienone is 1. The van der Waals surface area contributed by atoms with Crippen molar-refractivity contribution in [2.75, 3.05) is 20.2 Å². The summed E-state index contributed by atoms with van der Waals surface area (Å²) in [5.41, 5.74) is -0.630. The number of hydrogen-bond donors (Lipinski definition) is 2. The molecule has 2 N–H and O–H groups in total. The highest BCUT2D eigenvalue weighted by Crippen LogP contribution is 2.50. The van der Waals surface area contributed by atoms with Crippen LogP contribution in [0.4, 0.5) is 13.2 Å². The Labute approximate surface area is 170 Å². The van der Waals surface area contributed by atoms with Crippen molar-refractivity contribution in [2.24, 2.45) is 11.8 Å². The molecule has 3 aliphatic carbocycles. The number of alkyl halides is 2. The van der Waals surface area contributed by atoms with Crippen LogP contribution in [0.3, 0.4) is 0 Å². The molecule has 5 rings (SSSR count). The van der Waals surface area contributed by atoms with Gasteiger partial charge in [0.1, 0.15) is 18.0 Å². The number of fused-ring (bicyclic) bond motifs is 2. The van der Waals surface area contributed by atoms with Gasteiger partial charge in [0.25, 0.3) is 11.5 Å². The minimum Gasteiger partial charge on any atom is -0.387 e. The first-order chi connectivity index (χ1) is 14.2. The molecular formula is C20H24F3N3O4. The van der Waals surface area contributed by atoms with Gasteiger partial charge >= 0.3 is 5.69 Å². The zero-order valence-corrected chi connectivity index (χ0v) is 16.7. The molecule has 1 aromatic heterocycles. The van der Waals surface area contributed by atoms with Gasteiger partial charge in [-0.15, -0.1) is 0 Å². The Kier molecular flexibility index (Phi) is 4.37. The van der Waals surface area contributed by atoms with Gasteiger partial charge in [0.05, 0.1) is 17.3 Å². The van der Waals surface area contributed by atoms with Crippen LogP contribution in [0.15, 0.2) is 15.4 Å². The van der Waals surface area contributed by atoms with Gasteiger partial charge in [0.15, 0.2) is 0 Å². The number of halogens is 3. The molecule has 1 saturated heterocycles. The van der Waals surface area contributed by atoms with Crippen molar-refractivity contribution in [3.63, 3.8) is 0 Å². The summed E-state index contributed by atoms with van der Waals surface area (Å²) in [7, 11) is 1.39. The molecular weight excluding hydrogens is 403 g/mol. The van der Waals surface area contributed by atoms with Crippen molar-refractivity contribution in [1.29, 1.82) is 0 Å². The van der Waals surface area contributed by atoms with E-state index in [4.69, 9.17) is 4.74 Å². The van der Waals surface area contributed by atoms with Crippen LogP contribution in [0.2, 0.25) is 0 Å². The van der Waals surface area contributed by atoms with Gasteiger partial charge < -0.3 is 9.84 Å². The number of nitrogens with one attached hydrogen (secondary N) is 1. The number of methoxy groups -OCH3 is 1. The van der Waals surface area contributed by atoms with Gasteiger partial charge in [0.2, 0.25) is 0 Å². The van der Waals surface area contributed by atoms with Crippen LogP contribution in [0.5, 0.6) is 0 Å². The normalized spacial score (nSPS) is 35.6. The molecule has 0 spiro atoms. The van der Waals surface area contributed by atoms with Crippen molar-refractivity contribution in [2.45, 2.75) is 56.4 Å². The molecule has 0 amide bonds. The van der Waals surface area contributed by atoms with E-state index in [9.17, 15) is 23.5 Å². The maximum Gasteiger partial charge on any atom is 0.328 e. The number of H-pyrrole nitrogens is 1. The van der Waals surface area contributed by atoms with E-state index >= 15 is 4.39 Å². The molecule has 2 saturated carbocycles. The number of aromatic nitrogens is 2. The predicted octanol–water partition coefficient (Wildman–Crippen LogP) is 1.59. The van der Waals surface area contributed by atoms with Crippen LogP contribution in [0.25, 0.3) is 5.57 Å². The molecule has 2 heterocycles. The Morgan fingerprint density at radius 1 is 1.23 bits per heavy atom. The van der Waals surface area contributed by atoms with E-state index < -0.39 is 59.5 Å². The van der Waals surface area contributed by atoms with Crippen LogP contribution < -0.4 is 11.2 Å². The van der Waals surface area contributed by atoms with Crippen LogP contribution in [-0.4, -0.2) is 57.8 Å². The Balaban J connectivity index is 1.60. The fraction of sp³-hybridized carbons (Fsp3) is 0.700. The second-order valence-electron chi connectivity index (χ2n) is 8.98. The maximum absolute atomic E-state index is 15.6. The quantitative estimate of drug-likeness (QED) is 0.765. The topological polar surface area (TPSA) is 87.6 Å². The number of ether oxygens (including phenoxy) is 1. The molecule has 1 aromatic rings. The van der Waals surface area contributed by atoms with E-state index in [1.54, 1.807) is 4.90 Å². The number of aliphatic hydroxyl groups is 1. The second kappa shape index (κ2) is 6.54. The number of rotatable bonds is 3. The maximum atomic E-state index is 15.6. The summed E-state index contributed by atoms with van der Waals surface area (Å²) >= 11 is 0. The molecule has 30 heavy (non-hydrogen) atoms. The minimum atomic E-state index is -3.13. The summed E-state index contributed by atoms with van der Waals surface area (Å²) in [5, 5.41) is 10.0. The number of aliphatic hydroxyl groups excluding tert-OH is 1.